The van der Waals surface area contributed by atoms with Crippen LogP contribution in [0.4, 0.5) is 0 Å². The Hall–Kier alpha value is -2.56. The average molecular weight is 412 g/mol. The Morgan fingerprint density at radius 1 is 1.10 bits per heavy atom. The molecule has 1 aromatic carbocycles. The van der Waals surface area contributed by atoms with Crippen LogP contribution in [0.5, 0.6) is 0 Å². The van der Waals surface area contributed by atoms with E-state index in [4.69, 9.17) is 9.47 Å². The molecule has 0 unspecified atom stereocenters. The van der Waals surface area contributed by atoms with Crippen LogP contribution in [-0.4, -0.2) is 37.1 Å². The second-order valence-corrected chi connectivity index (χ2v) is 8.14. The first-order chi connectivity index (χ1) is 14.4. The van der Waals surface area contributed by atoms with Gasteiger partial charge in [-0.1, -0.05) is 49.8 Å². The predicted octanol–water partition coefficient (Wildman–Crippen LogP) is 4.59. The van der Waals surface area contributed by atoms with E-state index in [0.717, 1.165) is 36.9 Å². The number of nitrogens with zero attached hydrogens (tertiary/aromatic N) is 1. The van der Waals surface area contributed by atoms with Gasteiger partial charge in [0.1, 0.15) is 5.41 Å². The van der Waals surface area contributed by atoms with Gasteiger partial charge in [0.25, 0.3) is 0 Å². The summed E-state index contributed by atoms with van der Waals surface area (Å²) < 4.78 is 11.2. The SMILES string of the molecule is C=C1N(C)C(C)=C(C(=O)OCC)[C@H](C2CCCC2)[C@@]1(C(=O)OCC)c1ccccc1. The molecule has 1 aliphatic carbocycles. The maximum absolute atomic E-state index is 13.8. The van der Waals surface area contributed by atoms with Crippen molar-refractivity contribution in [2.75, 3.05) is 20.3 Å². The minimum Gasteiger partial charge on any atom is -0.465 e. The number of ether oxygens (including phenoxy) is 2. The first kappa shape index (κ1) is 22.1. The summed E-state index contributed by atoms with van der Waals surface area (Å²) in [6, 6.07) is 9.66. The standard InChI is InChI=1S/C25H33NO4/c1-6-29-23(27)21-17(3)26(5)18(4)25(24(28)30-7-2,20-15-9-8-10-16-20)22(21)19-13-11-12-14-19/h8-10,15-16,19,22H,4,6-7,11-14H2,1-3,5H3/t22-,25-/m0/s1. The minimum absolute atomic E-state index is 0.175. The Morgan fingerprint density at radius 2 is 1.70 bits per heavy atom. The summed E-state index contributed by atoms with van der Waals surface area (Å²) >= 11 is 0. The van der Waals surface area contributed by atoms with Gasteiger partial charge in [-0.15, -0.1) is 0 Å². The molecule has 5 nitrogen and oxygen atoms in total. The number of hydrogen-bond donors (Lipinski definition) is 0. The molecule has 1 aromatic rings. The van der Waals surface area contributed by atoms with Crippen molar-refractivity contribution >= 4 is 11.9 Å². The van der Waals surface area contributed by atoms with Crippen LogP contribution in [0, 0.1) is 11.8 Å². The first-order valence-corrected chi connectivity index (χ1v) is 10.9. The van der Waals surface area contributed by atoms with Crippen molar-refractivity contribution in [3.05, 3.63) is 59.4 Å². The van der Waals surface area contributed by atoms with Crippen LogP contribution in [0.2, 0.25) is 0 Å². The highest BCUT2D eigenvalue weighted by atomic mass is 16.5. The van der Waals surface area contributed by atoms with Gasteiger partial charge in [-0.05, 0) is 45.1 Å². The van der Waals surface area contributed by atoms with Gasteiger partial charge in [-0.3, -0.25) is 4.79 Å². The Bertz CT molecular complexity index is 838. The lowest BCUT2D eigenvalue weighted by Gasteiger charge is -2.50. The van der Waals surface area contributed by atoms with Crippen LogP contribution in [0.15, 0.2) is 53.9 Å². The molecule has 30 heavy (non-hydrogen) atoms. The largest absolute Gasteiger partial charge is 0.465 e. The zero-order valence-electron chi connectivity index (χ0n) is 18.6. The number of rotatable bonds is 6. The van der Waals surface area contributed by atoms with Gasteiger partial charge in [0, 0.05) is 24.4 Å². The van der Waals surface area contributed by atoms with Crippen molar-refractivity contribution in [2.45, 2.75) is 51.9 Å². The summed E-state index contributed by atoms with van der Waals surface area (Å²) in [5, 5.41) is 0. The number of hydrogen-bond acceptors (Lipinski definition) is 5. The van der Waals surface area contributed by atoms with Gasteiger partial charge >= 0.3 is 11.9 Å². The van der Waals surface area contributed by atoms with Crippen molar-refractivity contribution in [3.8, 4) is 0 Å². The Balaban J connectivity index is 2.35. The third kappa shape index (κ3) is 3.44. The molecule has 0 saturated heterocycles. The molecular formula is C25H33NO4. The third-order valence-electron chi connectivity index (χ3n) is 6.72. The zero-order chi connectivity index (χ0) is 21.9. The molecule has 162 valence electrons. The lowest BCUT2D eigenvalue weighted by molar-refractivity contribution is -0.153. The van der Waals surface area contributed by atoms with Crippen LogP contribution in [0.3, 0.4) is 0 Å². The van der Waals surface area contributed by atoms with Crippen molar-refractivity contribution < 1.29 is 19.1 Å². The van der Waals surface area contributed by atoms with E-state index in [1.165, 1.54) is 0 Å². The second kappa shape index (κ2) is 9.07. The van der Waals surface area contributed by atoms with E-state index in [2.05, 4.69) is 6.58 Å². The number of carbonyl (C=O) groups excluding carboxylic acids is 2. The first-order valence-electron chi connectivity index (χ1n) is 10.9. The quantitative estimate of drug-likeness (QED) is 0.641. The number of carbonyl (C=O) groups is 2. The zero-order valence-corrected chi connectivity index (χ0v) is 18.6. The fourth-order valence-corrected chi connectivity index (χ4v) is 5.29. The van der Waals surface area contributed by atoms with Crippen LogP contribution >= 0.6 is 0 Å². The molecular weight excluding hydrogens is 378 g/mol. The molecule has 1 heterocycles. The molecule has 5 heteroatoms. The lowest BCUT2D eigenvalue weighted by Crippen LogP contribution is -2.56. The van der Waals surface area contributed by atoms with Gasteiger partial charge in [-0.2, -0.15) is 0 Å². The lowest BCUT2D eigenvalue weighted by atomic mass is 9.58. The van der Waals surface area contributed by atoms with Crippen molar-refractivity contribution in [1.29, 1.82) is 0 Å². The van der Waals surface area contributed by atoms with Gasteiger partial charge in [0.2, 0.25) is 0 Å². The van der Waals surface area contributed by atoms with Gasteiger partial charge in [0.05, 0.1) is 18.8 Å². The highest BCUT2D eigenvalue weighted by Gasteiger charge is 2.60. The maximum Gasteiger partial charge on any atom is 0.336 e. The van der Waals surface area contributed by atoms with Crippen molar-refractivity contribution in [2.24, 2.45) is 11.8 Å². The molecule has 0 N–H and O–H groups in total. The fourth-order valence-electron chi connectivity index (χ4n) is 5.29. The molecule has 0 spiro atoms. The van der Waals surface area contributed by atoms with Crippen molar-refractivity contribution in [3.63, 3.8) is 0 Å². The summed E-state index contributed by atoms with van der Waals surface area (Å²) in [6.07, 6.45) is 4.11. The Labute approximate surface area is 179 Å². The van der Waals surface area contributed by atoms with E-state index >= 15 is 0 Å². The maximum atomic E-state index is 13.8. The number of esters is 2. The Morgan fingerprint density at radius 3 is 2.27 bits per heavy atom. The number of benzene rings is 1. The highest BCUT2D eigenvalue weighted by Crippen LogP contribution is 2.55. The molecule has 2 atom stereocenters. The minimum atomic E-state index is -1.16. The van der Waals surface area contributed by atoms with E-state index in [-0.39, 0.29) is 37.0 Å². The molecule has 1 aliphatic heterocycles. The molecule has 0 radical (unpaired) electrons. The summed E-state index contributed by atoms with van der Waals surface area (Å²) in [4.78, 5) is 28.9. The molecule has 1 saturated carbocycles. The number of likely N-dealkylation sites (N-methyl/N-ethyl adjacent to an activating group) is 1. The monoisotopic (exact) mass is 411 g/mol. The molecule has 0 bridgehead atoms. The highest BCUT2D eigenvalue weighted by molar-refractivity contribution is 5.96. The third-order valence-corrected chi connectivity index (χ3v) is 6.72. The van der Waals surface area contributed by atoms with E-state index in [9.17, 15) is 9.59 Å². The second-order valence-electron chi connectivity index (χ2n) is 8.14. The van der Waals surface area contributed by atoms with Gasteiger partial charge in [0.15, 0.2) is 0 Å². The smallest absolute Gasteiger partial charge is 0.336 e. The molecule has 0 amide bonds. The van der Waals surface area contributed by atoms with Crippen molar-refractivity contribution in [1.82, 2.24) is 4.90 Å². The van der Waals surface area contributed by atoms with E-state index in [0.29, 0.717) is 11.3 Å². The topological polar surface area (TPSA) is 55.8 Å². The molecule has 3 rings (SSSR count). The Kier molecular flexibility index (Phi) is 6.69. The van der Waals surface area contributed by atoms with E-state index in [1.807, 2.05) is 56.1 Å². The average Bonchev–Trinajstić information content (AvgIpc) is 3.27. The fraction of sp³-hybridized carbons (Fsp3) is 0.520. The van der Waals surface area contributed by atoms with Crippen LogP contribution < -0.4 is 0 Å². The summed E-state index contributed by atoms with van der Waals surface area (Å²) in [5.41, 5.74) is 1.67. The van der Waals surface area contributed by atoms with E-state index < -0.39 is 5.41 Å². The summed E-state index contributed by atoms with van der Waals surface area (Å²) in [5.74, 6) is -0.895. The van der Waals surface area contributed by atoms with E-state index in [1.54, 1.807) is 6.92 Å². The van der Waals surface area contributed by atoms with Crippen LogP contribution in [0.1, 0.15) is 52.0 Å². The number of allylic oxidation sites excluding steroid dienone is 1. The predicted molar refractivity (Wildman–Crippen MR) is 116 cm³/mol. The van der Waals surface area contributed by atoms with Crippen LogP contribution in [0.25, 0.3) is 0 Å². The summed E-state index contributed by atoms with van der Waals surface area (Å²) in [6.45, 7) is 10.5. The van der Waals surface area contributed by atoms with Crippen LogP contribution in [-0.2, 0) is 24.5 Å². The molecule has 1 fully saturated rings. The normalized spacial score (nSPS) is 24.9. The van der Waals surface area contributed by atoms with Gasteiger partial charge in [-0.25, -0.2) is 4.79 Å². The summed E-state index contributed by atoms with van der Waals surface area (Å²) in [7, 11) is 1.86. The van der Waals surface area contributed by atoms with Gasteiger partial charge < -0.3 is 14.4 Å². The molecule has 0 aromatic heterocycles. The molecule has 2 aliphatic rings.